The molecule has 1 aromatic heterocycles. The molecule has 0 aliphatic carbocycles. The topological polar surface area (TPSA) is 73.2 Å². The summed E-state index contributed by atoms with van der Waals surface area (Å²) in [6, 6.07) is 7.36. The van der Waals surface area contributed by atoms with E-state index in [0.29, 0.717) is 11.4 Å². The van der Waals surface area contributed by atoms with Crippen LogP contribution in [0.1, 0.15) is 16.1 Å². The number of esters is 1. The number of hydrogen-bond donors (Lipinski definition) is 1. The molecule has 0 aliphatic rings. The van der Waals surface area contributed by atoms with E-state index >= 15 is 0 Å². The van der Waals surface area contributed by atoms with E-state index in [-0.39, 0.29) is 10.7 Å². The van der Waals surface area contributed by atoms with Crippen molar-refractivity contribution < 1.29 is 14.3 Å². The molecular weight excluding hydrogens is 338 g/mol. The van der Waals surface area contributed by atoms with Crippen LogP contribution in [0, 0.1) is 6.92 Å². The maximum absolute atomic E-state index is 12.0. The Morgan fingerprint density at radius 3 is 2.52 bits per heavy atom. The van der Waals surface area contributed by atoms with Gasteiger partial charge in [0.05, 0.1) is 5.69 Å². The van der Waals surface area contributed by atoms with Crippen molar-refractivity contribution in [1.29, 1.82) is 0 Å². The van der Waals surface area contributed by atoms with Crippen molar-refractivity contribution >= 4 is 40.9 Å². The van der Waals surface area contributed by atoms with Gasteiger partial charge in [-0.25, -0.2) is 4.79 Å². The van der Waals surface area contributed by atoms with E-state index in [1.54, 1.807) is 37.9 Å². The van der Waals surface area contributed by atoms with Crippen molar-refractivity contribution in [2.75, 3.05) is 18.2 Å². The average molecular weight is 354 g/mol. The van der Waals surface area contributed by atoms with Crippen LogP contribution in [0.5, 0.6) is 0 Å². The van der Waals surface area contributed by atoms with Gasteiger partial charge in [0.1, 0.15) is 10.7 Å². The second-order valence-electron chi connectivity index (χ2n) is 4.73. The van der Waals surface area contributed by atoms with Gasteiger partial charge in [-0.2, -0.15) is 5.10 Å². The van der Waals surface area contributed by atoms with Crippen LogP contribution < -0.4 is 5.32 Å². The molecule has 0 atom stereocenters. The zero-order valence-corrected chi connectivity index (χ0v) is 14.5. The zero-order chi connectivity index (χ0) is 17.0. The first kappa shape index (κ1) is 17.4. The predicted octanol–water partition coefficient (Wildman–Crippen LogP) is 2.90. The lowest BCUT2D eigenvalue weighted by Gasteiger charge is -2.07. The molecule has 1 N–H and O–H groups in total. The van der Waals surface area contributed by atoms with Gasteiger partial charge in [-0.1, -0.05) is 11.6 Å². The van der Waals surface area contributed by atoms with Crippen LogP contribution in [0.2, 0.25) is 5.15 Å². The number of benzene rings is 1. The van der Waals surface area contributed by atoms with Crippen LogP contribution in [0.4, 0.5) is 5.69 Å². The van der Waals surface area contributed by atoms with E-state index in [4.69, 9.17) is 16.3 Å². The Balaban J connectivity index is 1.92. The number of anilines is 1. The molecule has 0 unspecified atom stereocenters. The number of hydrogen-bond acceptors (Lipinski definition) is 5. The SMILES string of the molecule is CSc1ccc(NC(=O)COC(=O)c2c(C)nn(C)c2Cl)cc1. The summed E-state index contributed by atoms with van der Waals surface area (Å²) in [6.45, 7) is 1.25. The van der Waals surface area contributed by atoms with Gasteiger partial charge >= 0.3 is 5.97 Å². The summed E-state index contributed by atoms with van der Waals surface area (Å²) in [4.78, 5) is 24.9. The van der Waals surface area contributed by atoms with Gasteiger partial charge in [-0.3, -0.25) is 9.48 Å². The number of carbonyl (C=O) groups is 2. The maximum Gasteiger partial charge on any atom is 0.343 e. The number of ether oxygens (including phenoxy) is 1. The Bertz CT molecular complexity index is 728. The number of halogens is 1. The summed E-state index contributed by atoms with van der Waals surface area (Å²) in [5.74, 6) is -1.10. The lowest BCUT2D eigenvalue weighted by Crippen LogP contribution is -2.21. The van der Waals surface area contributed by atoms with E-state index in [0.717, 1.165) is 4.90 Å². The number of amides is 1. The van der Waals surface area contributed by atoms with Crippen LogP contribution in [0.15, 0.2) is 29.2 Å². The van der Waals surface area contributed by atoms with Crippen LogP contribution in [0.25, 0.3) is 0 Å². The van der Waals surface area contributed by atoms with Crippen molar-refractivity contribution in [1.82, 2.24) is 9.78 Å². The third-order valence-electron chi connectivity index (χ3n) is 3.06. The molecule has 0 saturated heterocycles. The molecule has 122 valence electrons. The second-order valence-corrected chi connectivity index (χ2v) is 5.97. The van der Waals surface area contributed by atoms with Crippen molar-refractivity contribution in [3.05, 3.63) is 40.7 Å². The number of nitrogens with zero attached hydrogens (tertiary/aromatic N) is 2. The van der Waals surface area contributed by atoms with E-state index in [2.05, 4.69) is 10.4 Å². The van der Waals surface area contributed by atoms with Crippen molar-refractivity contribution in [2.45, 2.75) is 11.8 Å². The maximum atomic E-state index is 12.0. The number of aryl methyl sites for hydroxylation is 2. The number of rotatable bonds is 5. The summed E-state index contributed by atoms with van der Waals surface area (Å²) >= 11 is 7.59. The predicted molar refractivity (Wildman–Crippen MR) is 90.1 cm³/mol. The fourth-order valence-corrected chi connectivity index (χ4v) is 2.60. The molecule has 8 heteroatoms. The van der Waals surface area contributed by atoms with Gasteiger partial charge in [0.2, 0.25) is 0 Å². The first-order chi connectivity index (χ1) is 10.9. The monoisotopic (exact) mass is 353 g/mol. The van der Waals surface area contributed by atoms with Gasteiger partial charge in [-0.15, -0.1) is 11.8 Å². The largest absolute Gasteiger partial charge is 0.452 e. The van der Waals surface area contributed by atoms with Gasteiger partial charge in [0, 0.05) is 17.6 Å². The Labute approximate surface area is 143 Å². The highest BCUT2D eigenvalue weighted by molar-refractivity contribution is 7.98. The highest BCUT2D eigenvalue weighted by atomic mass is 35.5. The van der Waals surface area contributed by atoms with E-state index in [1.807, 2.05) is 18.4 Å². The molecule has 23 heavy (non-hydrogen) atoms. The first-order valence-corrected chi connectivity index (χ1v) is 8.32. The number of thioether (sulfide) groups is 1. The Hall–Kier alpha value is -1.99. The molecule has 1 heterocycles. The Morgan fingerprint density at radius 1 is 1.35 bits per heavy atom. The molecule has 0 radical (unpaired) electrons. The lowest BCUT2D eigenvalue weighted by atomic mass is 10.3. The van der Waals surface area contributed by atoms with Gasteiger partial charge in [0.15, 0.2) is 6.61 Å². The summed E-state index contributed by atoms with van der Waals surface area (Å²) in [6.07, 6.45) is 1.97. The quantitative estimate of drug-likeness (QED) is 0.661. The highest BCUT2D eigenvalue weighted by Gasteiger charge is 2.21. The van der Waals surface area contributed by atoms with E-state index in [1.165, 1.54) is 4.68 Å². The summed E-state index contributed by atoms with van der Waals surface area (Å²) in [5, 5.41) is 6.86. The fraction of sp³-hybridized carbons (Fsp3) is 0.267. The fourth-order valence-electron chi connectivity index (χ4n) is 1.94. The van der Waals surface area contributed by atoms with Crippen molar-refractivity contribution in [3.8, 4) is 0 Å². The second kappa shape index (κ2) is 7.52. The summed E-state index contributed by atoms with van der Waals surface area (Å²) in [5.41, 5.74) is 1.27. The molecule has 1 aromatic carbocycles. The van der Waals surface area contributed by atoms with Gasteiger partial charge in [0.25, 0.3) is 5.91 Å². The molecule has 0 spiro atoms. The Morgan fingerprint density at radius 2 is 2.00 bits per heavy atom. The minimum Gasteiger partial charge on any atom is -0.452 e. The third kappa shape index (κ3) is 4.27. The van der Waals surface area contributed by atoms with Crippen molar-refractivity contribution in [2.24, 2.45) is 7.05 Å². The van der Waals surface area contributed by atoms with Crippen LogP contribution >= 0.6 is 23.4 Å². The summed E-state index contributed by atoms with van der Waals surface area (Å²) in [7, 11) is 1.62. The molecule has 0 fully saturated rings. The van der Waals surface area contributed by atoms with Crippen LogP contribution in [-0.2, 0) is 16.6 Å². The number of nitrogens with one attached hydrogen (secondary N) is 1. The van der Waals surface area contributed by atoms with E-state index in [9.17, 15) is 9.59 Å². The summed E-state index contributed by atoms with van der Waals surface area (Å²) < 4.78 is 6.36. The standard InChI is InChI=1S/C15H16ClN3O3S/c1-9-13(14(16)19(2)18-9)15(21)22-8-12(20)17-10-4-6-11(23-3)7-5-10/h4-7H,8H2,1-3H3,(H,17,20). The minimum absolute atomic E-state index is 0.172. The number of aromatic nitrogens is 2. The highest BCUT2D eigenvalue weighted by Crippen LogP contribution is 2.20. The smallest absolute Gasteiger partial charge is 0.343 e. The first-order valence-electron chi connectivity index (χ1n) is 6.72. The molecule has 0 saturated carbocycles. The van der Waals surface area contributed by atoms with Crippen LogP contribution in [0.3, 0.4) is 0 Å². The zero-order valence-electron chi connectivity index (χ0n) is 12.9. The van der Waals surface area contributed by atoms with Gasteiger partial charge < -0.3 is 10.1 Å². The molecule has 0 bridgehead atoms. The van der Waals surface area contributed by atoms with Crippen LogP contribution in [-0.4, -0.2) is 34.5 Å². The van der Waals surface area contributed by atoms with E-state index < -0.39 is 18.5 Å². The Kier molecular flexibility index (Phi) is 5.68. The molecule has 0 aliphatic heterocycles. The minimum atomic E-state index is -0.673. The van der Waals surface area contributed by atoms with Gasteiger partial charge in [-0.05, 0) is 37.4 Å². The average Bonchev–Trinajstić information content (AvgIpc) is 2.78. The lowest BCUT2D eigenvalue weighted by molar-refractivity contribution is -0.119. The normalized spacial score (nSPS) is 10.4. The third-order valence-corrected chi connectivity index (χ3v) is 4.24. The number of carbonyl (C=O) groups excluding carboxylic acids is 2. The van der Waals surface area contributed by atoms with Crippen molar-refractivity contribution in [3.63, 3.8) is 0 Å². The molecular formula is C15H16ClN3O3S. The molecule has 6 nitrogen and oxygen atoms in total. The molecule has 1 amide bonds. The molecule has 2 rings (SSSR count). The molecule has 2 aromatic rings.